The van der Waals surface area contributed by atoms with E-state index in [0.29, 0.717) is 12.1 Å². The summed E-state index contributed by atoms with van der Waals surface area (Å²) in [5.41, 5.74) is 3.80. The Balaban J connectivity index is 0.000000735. The third kappa shape index (κ3) is 7.29. The van der Waals surface area contributed by atoms with Crippen molar-refractivity contribution < 1.29 is 14.7 Å². The fourth-order valence-corrected chi connectivity index (χ4v) is 2.54. The monoisotopic (exact) mass is 426 g/mol. The Hall–Kier alpha value is -3.26. The number of carboxylic acid groups (broad SMARTS) is 1. The number of carbonyl (C=O) groups is 2. The topological polar surface area (TPSA) is 107 Å². The van der Waals surface area contributed by atoms with E-state index in [1.165, 1.54) is 5.75 Å². The first-order chi connectivity index (χ1) is 14.5. The number of hydrogen-bond acceptors (Lipinski definition) is 5. The van der Waals surface area contributed by atoms with E-state index in [9.17, 15) is 9.59 Å². The van der Waals surface area contributed by atoms with E-state index in [0.717, 1.165) is 22.5 Å². The number of carboxylic acids is 1. The second kappa shape index (κ2) is 12.3. The third-order valence-electron chi connectivity index (χ3n) is 4.08. The predicted octanol–water partition coefficient (Wildman–Crippen LogP) is 3.87. The molecule has 8 heteroatoms. The molecule has 0 atom stereocenters. The highest BCUT2D eigenvalue weighted by Gasteiger charge is 2.14. The summed E-state index contributed by atoms with van der Waals surface area (Å²) in [7, 11) is 0. The third-order valence-corrected chi connectivity index (χ3v) is 4.65. The van der Waals surface area contributed by atoms with E-state index in [1.54, 1.807) is 24.7 Å². The van der Waals surface area contributed by atoms with Crippen LogP contribution in [0.3, 0.4) is 0 Å². The normalized spacial score (nSPS) is 9.93. The van der Waals surface area contributed by atoms with E-state index in [1.807, 2.05) is 48.2 Å². The van der Waals surface area contributed by atoms with Crippen molar-refractivity contribution in [2.75, 3.05) is 23.9 Å². The Kier molecular flexibility index (Phi) is 9.47. The van der Waals surface area contributed by atoms with Crippen LogP contribution in [0.25, 0.3) is 11.1 Å². The van der Waals surface area contributed by atoms with Gasteiger partial charge in [-0.1, -0.05) is 37.3 Å². The summed E-state index contributed by atoms with van der Waals surface area (Å²) >= 11 is 1.86. The fourth-order valence-electron chi connectivity index (χ4n) is 2.54. The van der Waals surface area contributed by atoms with Crippen molar-refractivity contribution in [1.29, 1.82) is 0 Å². The largest absolute Gasteiger partial charge is 0.480 e. The summed E-state index contributed by atoms with van der Waals surface area (Å²) in [6.07, 6.45) is 5.45. The van der Waals surface area contributed by atoms with Crippen molar-refractivity contribution in [2.24, 2.45) is 0 Å². The first kappa shape index (κ1) is 23.0. The van der Waals surface area contributed by atoms with Crippen LogP contribution in [0, 0.1) is 0 Å². The van der Waals surface area contributed by atoms with Crippen molar-refractivity contribution in [2.45, 2.75) is 13.5 Å². The quantitative estimate of drug-likeness (QED) is 0.436. The number of aliphatic carboxylic acids is 1. The van der Waals surface area contributed by atoms with Crippen LogP contribution in [0.5, 0.6) is 0 Å². The van der Waals surface area contributed by atoms with Gasteiger partial charge in [0.15, 0.2) is 0 Å². The second-order valence-electron chi connectivity index (χ2n) is 6.21. The predicted molar refractivity (Wildman–Crippen MR) is 122 cm³/mol. The summed E-state index contributed by atoms with van der Waals surface area (Å²) in [6.45, 7) is 2.29. The molecule has 0 aliphatic rings. The Bertz CT molecular complexity index is 929. The SMILES string of the molecule is CCSC.O=C(O)CNC(=O)c1ccc(NCc2cnc[nH]2)cc1-c1ccccc1. The minimum atomic E-state index is -1.09. The molecule has 0 bridgehead atoms. The van der Waals surface area contributed by atoms with Crippen LogP contribution in [0.2, 0.25) is 0 Å². The molecule has 0 spiro atoms. The first-order valence-corrected chi connectivity index (χ1v) is 10.8. The maximum Gasteiger partial charge on any atom is 0.322 e. The fraction of sp³-hybridized carbons (Fsp3) is 0.227. The molecule has 30 heavy (non-hydrogen) atoms. The number of hydrogen-bond donors (Lipinski definition) is 4. The van der Waals surface area contributed by atoms with Crippen molar-refractivity contribution in [3.05, 3.63) is 72.3 Å². The zero-order valence-corrected chi connectivity index (χ0v) is 17.8. The standard InChI is InChI=1S/C19H18N4O3.C3H8S/c24-18(25)11-22-19(26)16-7-6-14(21-10-15-9-20-12-23-15)8-17(16)13-4-2-1-3-5-13;1-3-4-2/h1-9,12,21H,10-11H2,(H,20,23)(H,22,26)(H,24,25);3H2,1-2H3. The molecule has 4 N–H and O–H groups in total. The van der Waals surface area contributed by atoms with Crippen LogP contribution in [0.1, 0.15) is 23.0 Å². The lowest BCUT2D eigenvalue weighted by molar-refractivity contribution is -0.135. The zero-order chi connectivity index (χ0) is 21.8. The minimum absolute atomic E-state index is 0.421. The van der Waals surface area contributed by atoms with Crippen molar-refractivity contribution in [3.8, 4) is 11.1 Å². The molecule has 0 aliphatic heterocycles. The van der Waals surface area contributed by atoms with Gasteiger partial charge in [0.1, 0.15) is 6.54 Å². The molecule has 1 heterocycles. The molecule has 1 aromatic heterocycles. The number of H-pyrrole nitrogens is 1. The number of carbonyl (C=O) groups excluding carboxylic acids is 1. The number of benzene rings is 2. The first-order valence-electron chi connectivity index (χ1n) is 9.44. The van der Waals surface area contributed by atoms with Crippen LogP contribution < -0.4 is 10.6 Å². The van der Waals surface area contributed by atoms with Gasteiger partial charge in [-0.3, -0.25) is 9.59 Å². The lowest BCUT2D eigenvalue weighted by atomic mass is 9.98. The highest BCUT2D eigenvalue weighted by molar-refractivity contribution is 7.98. The number of aromatic nitrogens is 2. The summed E-state index contributed by atoms with van der Waals surface area (Å²) in [4.78, 5) is 30.1. The molecule has 0 aliphatic carbocycles. The van der Waals surface area contributed by atoms with Gasteiger partial charge >= 0.3 is 5.97 Å². The van der Waals surface area contributed by atoms with E-state index < -0.39 is 18.4 Å². The zero-order valence-electron chi connectivity index (χ0n) is 17.0. The van der Waals surface area contributed by atoms with Crippen molar-refractivity contribution in [1.82, 2.24) is 15.3 Å². The Morgan fingerprint density at radius 2 is 1.90 bits per heavy atom. The van der Waals surface area contributed by atoms with Crippen molar-refractivity contribution in [3.63, 3.8) is 0 Å². The van der Waals surface area contributed by atoms with Gasteiger partial charge in [-0.2, -0.15) is 11.8 Å². The minimum Gasteiger partial charge on any atom is -0.480 e. The summed E-state index contributed by atoms with van der Waals surface area (Å²) in [6, 6.07) is 14.8. The van der Waals surface area contributed by atoms with Crippen LogP contribution in [0.4, 0.5) is 5.69 Å². The maximum absolute atomic E-state index is 12.4. The number of nitrogens with zero attached hydrogens (tertiary/aromatic N) is 1. The number of rotatable bonds is 8. The number of aromatic amines is 1. The Labute approximate surface area is 180 Å². The molecule has 0 saturated carbocycles. The molecule has 158 valence electrons. The van der Waals surface area contributed by atoms with E-state index in [2.05, 4.69) is 33.8 Å². The van der Waals surface area contributed by atoms with Gasteiger partial charge in [0.25, 0.3) is 5.91 Å². The van der Waals surface area contributed by atoms with Gasteiger partial charge in [0, 0.05) is 17.4 Å². The number of nitrogens with one attached hydrogen (secondary N) is 3. The molecule has 1 amide bonds. The van der Waals surface area contributed by atoms with Crippen LogP contribution in [-0.4, -0.2) is 45.5 Å². The molecule has 3 rings (SSSR count). The van der Waals surface area contributed by atoms with Gasteiger partial charge in [-0.25, -0.2) is 4.98 Å². The molecule has 0 radical (unpaired) electrons. The summed E-state index contributed by atoms with van der Waals surface area (Å²) < 4.78 is 0. The van der Waals surface area contributed by atoms with Crippen LogP contribution >= 0.6 is 11.8 Å². The second-order valence-corrected chi connectivity index (χ2v) is 7.37. The maximum atomic E-state index is 12.4. The lowest BCUT2D eigenvalue weighted by Gasteiger charge is -2.13. The van der Waals surface area contributed by atoms with Gasteiger partial charge in [-0.15, -0.1) is 0 Å². The van der Waals surface area contributed by atoms with Gasteiger partial charge < -0.3 is 20.7 Å². The smallest absolute Gasteiger partial charge is 0.322 e. The number of amides is 1. The van der Waals surface area contributed by atoms with Gasteiger partial charge in [0.2, 0.25) is 0 Å². The summed E-state index contributed by atoms with van der Waals surface area (Å²) in [5, 5.41) is 14.5. The Morgan fingerprint density at radius 1 is 1.17 bits per heavy atom. The van der Waals surface area contributed by atoms with Crippen molar-refractivity contribution >= 4 is 29.3 Å². The molecule has 0 fully saturated rings. The molecule has 0 unspecified atom stereocenters. The molecular weight excluding hydrogens is 400 g/mol. The highest BCUT2D eigenvalue weighted by Crippen LogP contribution is 2.27. The number of imidazole rings is 1. The molecule has 3 aromatic rings. The molecule has 0 saturated heterocycles. The van der Waals surface area contributed by atoms with E-state index in [-0.39, 0.29) is 0 Å². The highest BCUT2D eigenvalue weighted by atomic mass is 32.2. The van der Waals surface area contributed by atoms with Gasteiger partial charge in [-0.05, 0) is 41.3 Å². The molecular formula is C22H26N4O3S. The lowest BCUT2D eigenvalue weighted by Crippen LogP contribution is -2.29. The van der Waals surface area contributed by atoms with E-state index >= 15 is 0 Å². The Morgan fingerprint density at radius 3 is 2.50 bits per heavy atom. The van der Waals surface area contributed by atoms with E-state index in [4.69, 9.17) is 5.11 Å². The number of anilines is 1. The molecule has 7 nitrogen and oxygen atoms in total. The number of thioether (sulfide) groups is 1. The van der Waals surface area contributed by atoms with Crippen LogP contribution in [-0.2, 0) is 11.3 Å². The average Bonchev–Trinajstić information content (AvgIpc) is 3.30. The molecule has 2 aromatic carbocycles. The van der Waals surface area contributed by atoms with Crippen LogP contribution in [0.15, 0.2) is 61.1 Å². The average molecular weight is 427 g/mol. The van der Waals surface area contributed by atoms with Gasteiger partial charge in [0.05, 0.1) is 18.6 Å². The summed E-state index contributed by atoms with van der Waals surface area (Å²) in [5.74, 6) is -0.274.